The molecule has 0 aromatic heterocycles. The van der Waals surface area contributed by atoms with E-state index in [2.05, 4.69) is 16.9 Å². The predicted octanol–water partition coefficient (Wildman–Crippen LogP) is 3.27. The standard InChI is InChI=1S/C15H21FN2OS/c1-3-9-17-13-11(5-4-6-12(13)16)14(19)18-10-15(20-2)7-8-15/h4-6,17H,3,7-10H2,1-2H3,(H,18,19). The van der Waals surface area contributed by atoms with E-state index in [4.69, 9.17) is 0 Å². The molecule has 0 atom stereocenters. The fourth-order valence-corrected chi connectivity index (χ4v) is 2.80. The van der Waals surface area contributed by atoms with Crippen LogP contribution >= 0.6 is 11.8 Å². The highest BCUT2D eigenvalue weighted by Crippen LogP contribution is 2.46. The Balaban J connectivity index is 2.06. The molecule has 1 aliphatic rings. The molecule has 1 aliphatic carbocycles. The third-order valence-electron chi connectivity index (χ3n) is 3.62. The number of amides is 1. The number of carbonyl (C=O) groups excluding carboxylic acids is 1. The minimum absolute atomic E-state index is 0.205. The fourth-order valence-electron chi connectivity index (χ4n) is 2.07. The van der Waals surface area contributed by atoms with Gasteiger partial charge in [-0.25, -0.2) is 4.39 Å². The molecule has 110 valence electrons. The normalized spacial score (nSPS) is 15.8. The van der Waals surface area contributed by atoms with Crippen molar-refractivity contribution in [2.45, 2.75) is 30.9 Å². The van der Waals surface area contributed by atoms with Crippen molar-refractivity contribution in [3.63, 3.8) is 0 Å². The van der Waals surface area contributed by atoms with E-state index in [-0.39, 0.29) is 16.5 Å². The van der Waals surface area contributed by atoms with Crippen LogP contribution in [0.2, 0.25) is 0 Å². The van der Waals surface area contributed by atoms with Crippen molar-refractivity contribution in [1.82, 2.24) is 5.32 Å². The Morgan fingerprint density at radius 2 is 2.20 bits per heavy atom. The molecule has 0 radical (unpaired) electrons. The van der Waals surface area contributed by atoms with Gasteiger partial charge < -0.3 is 10.6 Å². The summed E-state index contributed by atoms with van der Waals surface area (Å²) in [6.07, 6.45) is 5.22. The number of carbonyl (C=O) groups is 1. The van der Waals surface area contributed by atoms with Crippen LogP contribution in [-0.4, -0.2) is 30.0 Å². The van der Waals surface area contributed by atoms with Crippen molar-refractivity contribution in [1.29, 1.82) is 0 Å². The Morgan fingerprint density at radius 1 is 1.45 bits per heavy atom. The number of benzene rings is 1. The third kappa shape index (κ3) is 3.45. The molecular formula is C15H21FN2OS. The number of nitrogens with one attached hydrogen (secondary N) is 2. The number of hydrogen-bond acceptors (Lipinski definition) is 3. The van der Waals surface area contributed by atoms with Crippen LogP contribution in [0.1, 0.15) is 36.5 Å². The van der Waals surface area contributed by atoms with Crippen molar-refractivity contribution in [2.75, 3.05) is 24.7 Å². The predicted molar refractivity (Wildman–Crippen MR) is 83.0 cm³/mol. The number of para-hydroxylation sites is 1. The van der Waals surface area contributed by atoms with Crippen LogP contribution in [0.25, 0.3) is 0 Å². The van der Waals surface area contributed by atoms with Crippen LogP contribution in [0.5, 0.6) is 0 Å². The first-order valence-corrected chi connectivity index (χ1v) is 8.20. The molecule has 3 nitrogen and oxygen atoms in total. The molecular weight excluding hydrogens is 275 g/mol. The van der Waals surface area contributed by atoms with Gasteiger partial charge in [-0.1, -0.05) is 13.0 Å². The second-order valence-electron chi connectivity index (χ2n) is 5.16. The van der Waals surface area contributed by atoms with E-state index in [1.54, 1.807) is 23.9 Å². The second-order valence-corrected chi connectivity index (χ2v) is 6.43. The average Bonchev–Trinajstić information content (AvgIpc) is 3.24. The third-order valence-corrected chi connectivity index (χ3v) is 5.04. The number of anilines is 1. The molecule has 1 saturated carbocycles. The van der Waals surface area contributed by atoms with Crippen molar-refractivity contribution < 1.29 is 9.18 Å². The average molecular weight is 296 g/mol. The first-order valence-electron chi connectivity index (χ1n) is 6.97. The maximum absolute atomic E-state index is 13.8. The van der Waals surface area contributed by atoms with E-state index < -0.39 is 0 Å². The Labute approximate surface area is 123 Å². The molecule has 0 aliphatic heterocycles. The maximum atomic E-state index is 13.8. The molecule has 0 spiro atoms. The van der Waals surface area contributed by atoms with E-state index in [9.17, 15) is 9.18 Å². The van der Waals surface area contributed by atoms with Gasteiger partial charge in [0.2, 0.25) is 0 Å². The van der Waals surface area contributed by atoms with Crippen molar-refractivity contribution >= 4 is 23.4 Å². The van der Waals surface area contributed by atoms with E-state index in [1.807, 2.05) is 6.92 Å². The summed E-state index contributed by atoms with van der Waals surface area (Å²) < 4.78 is 14.0. The first-order chi connectivity index (χ1) is 9.62. The molecule has 0 heterocycles. The number of hydrogen-bond donors (Lipinski definition) is 2. The van der Waals surface area contributed by atoms with Gasteiger partial charge in [-0.15, -0.1) is 0 Å². The smallest absolute Gasteiger partial charge is 0.253 e. The molecule has 0 unspecified atom stereocenters. The number of halogens is 1. The summed E-state index contributed by atoms with van der Waals surface area (Å²) in [7, 11) is 0. The first kappa shape index (κ1) is 15.2. The molecule has 1 aromatic rings. The zero-order valence-electron chi connectivity index (χ0n) is 12.0. The Bertz CT molecular complexity index is 489. The van der Waals surface area contributed by atoms with E-state index in [0.29, 0.717) is 24.3 Å². The van der Waals surface area contributed by atoms with Gasteiger partial charge in [0, 0.05) is 17.8 Å². The van der Waals surface area contributed by atoms with Crippen LogP contribution in [0.4, 0.5) is 10.1 Å². The van der Waals surface area contributed by atoms with Crippen LogP contribution < -0.4 is 10.6 Å². The molecule has 0 saturated heterocycles. The summed E-state index contributed by atoms with van der Waals surface area (Å²) in [6.45, 7) is 3.30. The lowest BCUT2D eigenvalue weighted by Crippen LogP contribution is -2.32. The topological polar surface area (TPSA) is 41.1 Å². The van der Waals surface area contributed by atoms with Gasteiger partial charge in [-0.2, -0.15) is 11.8 Å². The minimum atomic E-state index is -0.378. The maximum Gasteiger partial charge on any atom is 0.253 e. The lowest BCUT2D eigenvalue weighted by molar-refractivity contribution is 0.0953. The van der Waals surface area contributed by atoms with Crippen LogP contribution in [0, 0.1) is 5.82 Å². The molecule has 1 aromatic carbocycles. The molecule has 20 heavy (non-hydrogen) atoms. The number of rotatable bonds is 7. The summed E-state index contributed by atoms with van der Waals surface area (Å²) in [5.74, 6) is -0.583. The summed E-state index contributed by atoms with van der Waals surface area (Å²) in [4.78, 5) is 12.2. The van der Waals surface area contributed by atoms with Gasteiger partial charge in [0.05, 0.1) is 11.3 Å². The zero-order chi connectivity index (χ0) is 14.6. The zero-order valence-corrected chi connectivity index (χ0v) is 12.8. The molecule has 2 N–H and O–H groups in total. The lowest BCUT2D eigenvalue weighted by atomic mass is 10.1. The van der Waals surface area contributed by atoms with Crippen molar-refractivity contribution in [3.05, 3.63) is 29.6 Å². The van der Waals surface area contributed by atoms with Gasteiger partial charge in [0.1, 0.15) is 5.82 Å². The SMILES string of the molecule is CCCNc1c(F)cccc1C(=O)NCC1(SC)CC1. The Morgan fingerprint density at radius 3 is 2.80 bits per heavy atom. The highest BCUT2D eigenvalue weighted by atomic mass is 32.2. The van der Waals surface area contributed by atoms with E-state index in [0.717, 1.165) is 19.3 Å². The van der Waals surface area contributed by atoms with Gasteiger partial charge in [0.15, 0.2) is 0 Å². The summed E-state index contributed by atoms with van der Waals surface area (Å²) in [5.41, 5.74) is 0.691. The quantitative estimate of drug-likeness (QED) is 0.811. The van der Waals surface area contributed by atoms with Crippen LogP contribution in [0.3, 0.4) is 0 Å². The van der Waals surface area contributed by atoms with E-state index >= 15 is 0 Å². The monoisotopic (exact) mass is 296 g/mol. The van der Waals surface area contributed by atoms with Gasteiger partial charge in [-0.3, -0.25) is 4.79 Å². The highest BCUT2D eigenvalue weighted by Gasteiger charge is 2.42. The minimum Gasteiger partial charge on any atom is -0.382 e. The molecule has 1 amide bonds. The summed E-state index contributed by atoms with van der Waals surface area (Å²) in [5, 5.41) is 5.93. The van der Waals surface area contributed by atoms with Gasteiger partial charge in [0.25, 0.3) is 5.91 Å². The fraction of sp³-hybridized carbons (Fsp3) is 0.533. The number of thioether (sulfide) groups is 1. The largest absolute Gasteiger partial charge is 0.382 e. The highest BCUT2D eigenvalue weighted by molar-refractivity contribution is 8.00. The molecule has 0 bridgehead atoms. The van der Waals surface area contributed by atoms with Crippen LogP contribution in [0.15, 0.2) is 18.2 Å². The molecule has 1 fully saturated rings. The Kier molecular flexibility index (Phi) is 4.91. The van der Waals surface area contributed by atoms with Gasteiger partial charge >= 0.3 is 0 Å². The van der Waals surface area contributed by atoms with Crippen molar-refractivity contribution in [3.8, 4) is 0 Å². The second kappa shape index (κ2) is 6.48. The Hall–Kier alpha value is -1.23. The summed E-state index contributed by atoms with van der Waals surface area (Å²) >= 11 is 1.79. The molecule has 2 rings (SSSR count). The molecule has 5 heteroatoms. The lowest BCUT2D eigenvalue weighted by Gasteiger charge is -2.15. The van der Waals surface area contributed by atoms with E-state index in [1.165, 1.54) is 6.07 Å². The summed E-state index contributed by atoms with van der Waals surface area (Å²) in [6, 6.07) is 4.61. The van der Waals surface area contributed by atoms with Crippen LogP contribution in [-0.2, 0) is 0 Å². The van der Waals surface area contributed by atoms with Gasteiger partial charge in [-0.05, 0) is 37.7 Å². The van der Waals surface area contributed by atoms with Crippen molar-refractivity contribution in [2.24, 2.45) is 0 Å².